The van der Waals surface area contributed by atoms with Crippen LogP contribution < -0.4 is 9.64 Å². The van der Waals surface area contributed by atoms with Crippen molar-refractivity contribution in [3.63, 3.8) is 0 Å². The second-order valence-corrected chi connectivity index (χ2v) is 14.9. The van der Waals surface area contributed by atoms with Gasteiger partial charge in [-0.1, -0.05) is 45.4 Å². The molecular weight excluding hydrogens is 674 g/mol. The first-order chi connectivity index (χ1) is 21.8. The van der Waals surface area contributed by atoms with E-state index in [-0.39, 0.29) is 17.3 Å². The van der Waals surface area contributed by atoms with Crippen molar-refractivity contribution in [2.45, 2.75) is 61.6 Å². The summed E-state index contributed by atoms with van der Waals surface area (Å²) in [6.07, 6.45) is 11.9. The predicted molar refractivity (Wildman–Crippen MR) is 183 cm³/mol. The molecule has 45 heavy (non-hydrogen) atoms. The van der Waals surface area contributed by atoms with Crippen LogP contribution in [0.2, 0.25) is 5.02 Å². The number of benzene rings is 2. The summed E-state index contributed by atoms with van der Waals surface area (Å²) in [5.74, 6) is 1.79. The molecule has 0 saturated heterocycles. The molecule has 3 aromatic rings. The van der Waals surface area contributed by atoms with Gasteiger partial charge in [0.05, 0.1) is 31.1 Å². The topological polar surface area (TPSA) is 84.8 Å². The van der Waals surface area contributed by atoms with E-state index in [1.54, 1.807) is 30.2 Å². The Kier molecular flexibility index (Phi) is 10.4. The SMILES string of the molecule is COC(=O)c1ccc2c(c1)N(C[C@@H]1CC[C@H]1C(O)/C=C(\Br)CCCSc1ncccn1)C[C@@]1(CCCc3cc(Cl)ccc31)CO2. The molecule has 0 bridgehead atoms. The van der Waals surface area contributed by atoms with Crippen molar-refractivity contribution in [3.05, 3.63) is 87.1 Å². The highest BCUT2D eigenvalue weighted by molar-refractivity contribution is 9.11. The van der Waals surface area contributed by atoms with Gasteiger partial charge in [-0.3, -0.25) is 0 Å². The number of thioether (sulfide) groups is 1. The predicted octanol–water partition coefficient (Wildman–Crippen LogP) is 7.63. The number of aliphatic hydroxyl groups is 1. The third-order valence-corrected chi connectivity index (χ3v) is 11.4. The fraction of sp³-hybridized carbons (Fsp3) is 0.457. The number of hydrogen-bond donors (Lipinski definition) is 1. The van der Waals surface area contributed by atoms with Crippen LogP contribution in [0.25, 0.3) is 0 Å². The molecule has 2 aliphatic carbocycles. The summed E-state index contributed by atoms with van der Waals surface area (Å²) in [7, 11) is 1.41. The van der Waals surface area contributed by atoms with Crippen LogP contribution in [0, 0.1) is 11.8 Å². The van der Waals surface area contributed by atoms with Gasteiger partial charge in [-0.25, -0.2) is 14.8 Å². The van der Waals surface area contributed by atoms with Crippen LogP contribution in [0.1, 0.15) is 60.0 Å². The van der Waals surface area contributed by atoms with E-state index in [1.165, 1.54) is 18.2 Å². The highest BCUT2D eigenvalue weighted by atomic mass is 79.9. The molecule has 1 spiro atoms. The number of rotatable bonds is 10. The summed E-state index contributed by atoms with van der Waals surface area (Å²) in [5.41, 5.74) is 3.81. The number of ether oxygens (including phenoxy) is 2. The second kappa shape index (κ2) is 14.4. The average Bonchev–Trinajstić information content (AvgIpc) is 3.18. The van der Waals surface area contributed by atoms with E-state index in [9.17, 15) is 9.90 Å². The maximum absolute atomic E-state index is 12.5. The lowest BCUT2D eigenvalue weighted by Gasteiger charge is -2.45. The number of carbonyl (C=O) groups excluding carboxylic acids is 1. The van der Waals surface area contributed by atoms with Crippen LogP contribution in [0.15, 0.2) is 70.6 Å². The number of aliphatic hydroxyl groups excluding tert-OH is 1. The molecule has 1 aliphatic heterocycles. The fourth-order valence-electron chi connectivity index (χ4n) is 7.07. The molecule has 1 saturated carbocycles. The molecule has 1 unspecified atom stereocenters. The van der Waals surface area contributed by atoms with E-state index in [0.717, 1.165) is 89.9 Å². The van der Waals surface area contributed by atoms with Gasteiger partial charge >= 0.3 is 5.97 Å². The first-order valence-corrected chi connectivity index (χ1v) is 17.8. The minimum atomic E-state index is -0.529. The number of methoxy groups -OCH3 is 1. The van der Waals surface area contributed by atoms with Gasteiger partial charge in [-0.15, -0.1) is 0 Å². The molecule has 2 heterocycles. The van der Waals surface area contributed by atoms with Crippen LogP contribution in [-0.4, -0.2) is 59.7 Å². The van der Waals surface area contributed by atoms with Crippen molar-refractivity contribution >= 4 is 50.9 Å². The molecule has 1 aromatic heterocycles. The Bertz CT molecular complexity index is 1540. The summed E-state index contributed by atoms with van der Waals surface area (Å²) in [4.78, 5) is 23.5. The lowest BCUT2D eigenvalue weighted by atomic mass is 9.68. The summed E-state index contributed by atoms with van der Waals surface area (Å²) >= 11 is 11.8. The Labute approximate surface area is 282 Å². The lowest BCUT2D eigenvalue weighted by molar-refractivity contribution is 0.0455. The standard InChI is InChI=1S/C35H39BrClN3O4S/c1-43-33(42)24-8-12-32-30(18-24)40(21-35(22-44-32)13-2-5-23-17-27(37)9-11-29(23)35)20-25-7-10-28(25)31(41)19-26(36)6-3-16-45-34-38-14-4-15-39-34/h4,8-9,11-12,14-15,17-19,25,28,31,41H,2-3,5-7,10,13,16,20-22H2,1H3/b26-19-/t25-,28+,31?,35-/m0/s1. The van der Waals surface area contributed by atoms with Crippen molar-refractivity contribution < 1.29 is 19.4 Å². The molecule has 0 radical (unpaired) electrons. The number of allylic oxidation sites excluding steroid dienone is 1. The van der Waals surface area contributed by atoms with Gasteiger partial charge in [-0.2, -0.15) is 0 Å². The van der Waals surface area contributed by atoms with Crippen LogP contribution in [-0.2, 0) is 16.6 Å². The quantitative estimate of drug-likeness (QED) is 0.0995. The average molecular weight is 713 g/mol. The van der Waals surface area contributed by atoms with Crippen LogP contribution in [0.5, 0.6) is 5.75 Å². The Balaban J connectivity index is 1.19. The third-order valence-electron chi connectivity index (χ3n) is 9.51. The monoisotopic (exact) mass is 711 g/mol. The van der Waals surface area contributed by atoms with E-state index in [4.69, 9.17) is 21.1 Å². The number of anilines is 1. The molecule has 6 rings (SSSR count). The van der Waals surface area contributed by atoms with Gasteiger partial charge in [-0.05, 0) is 115 Å². The van der Waals surface area contributed by atoms with Crippen molar-refractivity contribution in [3.8, 4) is 5.75 Å². The molecular formula is C35H39BrClN3O4S. The number of carbonyl (C=O) groups is 1. The Morgan fingerprint density at radius 3 is 2.89 bits per heavy atom. The smallest absolute Gasteiger partial charge is 0.337 e. The zero-order chi connectivity index (χ0) is 31.4. The van der Waals surface area contributed by atoms with E-state index in [2.05, 4.69) is 42.9 Å². The first-order valence-electron chi connectivity index (χ1n) is 15.7. The number of aryl methyl sites for hydroxylation is 1. The van der Waals surface area contributed by atoms with Gasteiger partial charge in [0.1, 0.15) is 5.75 Å². The summed E-state index contributed by atoms with van der Waals surface area (Å²) in [5, 5.41) is 12.9. The Morgan fingerprint density at radius 1 is 1.27 bits per heavy atom. The maximum atomic E-state index is 12.5. The Hall–Kier alpha value is -2.59. The number of hydrogen-bond acceptors (Lipinski definition) is 8. The first kappa shape index (κ1) is 32.4. The van der Waals surface area contributed by atoms with Crippen LogP contribution in [0.3, 0.4) is 0 Å². The van der Waals surface area contributed by atoms with Crippen molar-refractivity contribution in [1.29, 1.82) is 0 Å². The van der Waals surface area contributed by atoms with Gasteiger partial charge in [0, 0.05) is 41.7 Å². The van der Waals surface area contributed by atoms with Crippen LogP contribution >= 0.6 is 39.3 Å². The molecule has 4 atom stereocenters. The molecule has 1 fully saturated rings. The number of aromatic nitrogens is 2. The third kappa shape index (κ3) is 7.37. The van der Waals surface area contributed by atoms with Gasteiger partial charge in [0.2, 0.25) is 0 Å². The van der Waals surface area contributed by atoms with Gasteiger partial charge in [0.15, 0.2) is 5.16 Å². The maximum Gasteiger partial charge on any atom is 0.337 e. The normalized spacial score (nSPS) is 23.3. The highest BCUT2D eigenvalue weighted by Gasteiger charge is 2.44. The van der Waals surface area contributed by atoms with E-state index >= 15 is 0 Å². The highest BCUT2D eigenvalue weighted by Crippen LogP contribution is 2.47. The lowest BCUT2D eigenvalue weighted by Crippen LogP contribution is -2.49. The van der Waals surface area contributed by atoms with Gasteiger partial charge < -0.3 is 19.5 Å². The van der Waals surface area contributed by atoms with E-state index in [0.29, 0.717) is 18.1 Å². The molecule has 7 nitrogen and oxygen atoms in total. The molecule has 2 aromatic carbocycles. The summed E-state index contributed by atoms with van der Waals surface area (Å²) in [6.45, 7) is 2.09. The van der Waals surface area contributed by atoms with Crippen molar-refractivity contribution in [1.82, 2.24) is 9.97 Å². The van der Waals surface area contributed by atoms with Crippen LogP contribution in [0.4, 0.5) is 5.69 Å². The molecule has 238 valence electrons. The second-order valence-electron chi connectivity index (χ2n) is 12.4. The number of esters is 1. The van der Waals surface area contributed by atoms with Crippen molar-refractivity contribution in [2.75, 3.05) is 37.5 Å². The fourth-order valence-corrected chi connectivity index (χ4v) is 8.56. The zero-order valence-corrected chi connectivity index (χ0v) is 28.6. The number of fused-ring (bicyclic) bond motifs is 3. The Morgan fingerprint density at radius 2 is 2.11 bits per heavy atom. The largest absolute Gasteiger partial charge is 0.490 e. The minimum Gasteiger partial charge on any atom is -0.490 e. The molecule has 3 aliphatic rings. The minimum absolute atomic E-state index is 0.162. The van der Waals surface area contributed by atoms with Crippen molar-refractivity contribution in [2.24, 2.45) is 11.8 Å². The van der Waals surface area contributed by atoms with E-state index < -0.39 is 6.10 Å². The number of nitrogens with zero attached hydrogens (tertiary/aromatic N) is 3. The van der Waals surface area contributed by atoms with Gasteiger partial charge in [0.25, 0.3) is 0 Å². The van der Waals surface area contributed by atoms with E-state index in [1.807, 2.05) is 30.3 Å². The molecule has 0 amide bonds. The molecule has 10 heteroatoms. The zero-order valence-electron chi connectivity index (χ0n) is 25.5. The molecule has 1 N–H and O–H groups in total. The summed E-state index contributed by atoms with van der Waals surface area (Å²) < 4.78 is 12.6. The number of halogens is 2. The summed E-state index contributed by atoms with van der Waals surface area (Å²) in [6, 6.07) is 13.7.